The quantitative estimate of drug-likeness (QED) is 0.208. The third-order valence-corrected chi connectivity index (χ3v) is 8.80. The number of aromatic nitrogens is 2. The minimum atomic E-state index is -0.471. The van der Waals surface area contributed by atoms with E-state index in [0.717, 1.165) is 50.9 Å². The van der Waals surface area contributed by atoms with Crippen LogP contribution < -0.4 is 19.7 Å². The van der Waals surface area contributed by atoms with Crippen molar-refractivity contribution in [1.29, 1.82) is 0 Å². The van der Waals surface area contributed by atoms with Crippen molar-refractivity contribution in [1.82, 2.24) is 14.9 Å². The van der Waals surface area contributed by atoms with Gasteiger partial charge in [-0.15, -0.1) is 0 Å². The summed E-state index contributed by atoms with van der Waals surface area (Å²) in [6.45, 7) is 8.20. The molecule has 3 aromatic rings. The number of ether oxygens (including phenoxy) is 3. The third-order valence-electron chi connectivity index (χ3n) is 8.80. The third kappa shape index (κ3) is 9.06. The molecule has 5 rings (SSSR count). The van der Waals surface area contributed by atoms with Crippen LogP contribution in [-0.2, 0) is 11.3 Å². The molecule has 2 heterocycles. The molecule has 1 saturated carbocycles. The van der Waals surface area contributed by atoms with Crippen LogP contribution in [0.3, 0.4) is 0 Å². The minimum absolute atomic E-state index is 0.174. The van der Waals surface area contributed by atoms with E-state index in [1.54, 1.807) is 31.5 Å². The minimum Gasteiger partial charge on any atom is -0.497 e. The summed E-state index contributed by atoms with van der Waals surface area (Å²) < 4.78 is 32.2. The molecule has 0 spiro atoms. The highest BCUT2D eigenvalue weighted by atomic mass is 19.1. The van der Waals surface area contributed by atoms with E-state index < -0.39 is 11.9 Å². The van der Waals surface area contributed by atoms with Crippen molar-refractivity contribution in [3.63, 3.8) is 0 Å². The Hall–Kier alpha value is -3.92. The number of likely N-dealkylation sites (tertiary alicyclic amines) is 1. The maximum Gasteiger partial charge on any atom is 0.416 e. The van der Waals surface area contributed by atoms with Gasteiger partial charge in [0.1, 0.15) is 17.7 Å². The molecule has 2 aromatic carbocycles. The molecule has 1 amide bonds. The van der Waals surface area contributed by atoms with Gasteiger partial charge in [0, 0.05) is 24.5 Å². The first-order chi connectivity index (χ1) is 21.9. The van der Waals surface area contributed by atoms with E-state index in [-0.39, 0.29) is 36.2 Å². The number of halogens is 1. The molecule has 10 heteroatoms. The summed E-state index contributed by atoms with van der Waals surface area (Å²) in [6.07, 6.45) is 8.77. The van der Waals surface area contributed by atoms with Crippen molar-refractivity contribution in [2.24, 2.45) is 11.8 Å². The second-order valence-electron chi connectivity index (χ2n) is 12.3. The van der Waals surface area contributed by atoms with E-state index in [0.29, 0.717) is 23.9 Å². The topological polar surface area (TPSA) is 89.0 Å². The molecule has 0 radical (unpaired) electrons. The average Bonchev–Trinajstić information content (AvgIpc) is 3.05. The molecule has 2 unspecified atom stereocenters. The van der Waals surface area contributed by atoms with Crippen molar-refractivity contribution in [2.75, 3.05) is 43.6 Å². The van der Waals surface area contributed by atoms with E-state index >= 15 is 0 Å². The lowest BCUT2D eigenvalue weighted by molar-refractivity contribution is 0.0131. The number of nitrogens with one attached hydrogen (secondary N) is 1. The predicted octanol–water partition coefficient (Wildman–Crippen LogP) is 7.59. The van der Waals surface area contributed by atoms with Gasteiger partial charge in [-0.25, -0.2) is 14.2 Å². The van der Waals surface area contributed by atoms with E-state index in [9.17, 15) is 9.18 Å². The van der Waals surface area contributed by atoms with Crippen LogP contribution in [-0.4, -0.2) is 60.4 Å². The van der Waals surface area contributed by atoms with Crippen molar-refractivity contribution in [3.8, 4) is 11.5 Å². The Bertz CT molecular complexity index is 1390. The fraction of sp³-hybridized carbons (Fsp3) is 0.514. The van der Waals surface area contributed by atoms with Crippen LogP contribution in [0.2, 0.25) is 0 Å². The molecule has 2 fully saturated rings. The van der Waals surface area contributed by atoms with Crippen molar-refractivity contribution < 1.29 is 23.4 Å². The van der Waals surface area contributed by atoms with E-state index in [1.807, 2.05) is 24.3 Å². The Balaban J connectivity index is 1.27. The smallest absolute Gasteiger partial charge is 0.416 e. The monoisotopic (exact) mass is 619 g/mol. The highest BCUT2D eigenvalue weighted by Gasteiger charge is 2.33. The van der Waals surface area contributed by atoms with Gasteiger partial charge in [-0.1, -0.05) is 38.8 Å². The number of hydrogen-bond donors (Lipinski definition) is 1. The van der Waals surface area contributed by atoms with E-state index in [2.05, 4.69) is 34.0 Å². The normalized spacial score (nSPS) is 20.3. The number of nitrogens with zero attached hydrogens (tertiary/aromatic N) is 4. The number of amides is 1. The summed E-state index contributed by atoms with van der Waals surface area (Å²) >= 11 is 0. The number of carbonyl (C=O) groups is 1. The average molecular weight is 620 g/mol. The highest BCUT2D eigenvalue weighted by Crippen LogP contribution is 2.32. The van der Waals surface area contributed by atoms with Gasteiger partial charge >= 0.3 is 6.09 Å². The van der Waals surface area contributed by atoms with Gasteiger partial charge in [0.25, 0.3) is 0 Å². The molecule has 2 aliphatic rings. The second kappa shape index (κ2) is 15.9. The summed E-state index contributed by atoms with van der Waals surface area (Å²) in [7, 11) is 1.61. The van der Waals surface area contributed by atoms with Crippen LogP contribution in [0.15, 0.2) is 54.7 Å². The predicted molar refractivity (Wildman–Crippen MR) is 174 cm³/mol. The lowest BCUT2D eigenvalue weighted by Crippen LogP contribution is -2.40. The van der Waals surface area contributed by atoms with Gasteiger partial charge in [-0.05, 0) is 92.9 Å². The van der Waals surface area contributed by atoms with Gasteiger partial charge in [0.2, 0.25) is 5.95 Å². The lowest BCUT2D eigenvalue weighted by Gasteiger charge is -2.35. The second-order valence-corrected chi connectivity index (χ2v) is 12.3. The van der Waals surface area contributed by atoms with Gasteiger partial charge in [0.05, 0.1) is 20.3 Å². The molecule has 1 saturated heterocycles. The lowest BCUT2D eigenvalue weighted by atomic mass is 9.81. The largest absolute Gasteiger partial charge is 0.497 e. The van der Waals surface area contributed by atoms with Crippen LogP contribution in [0.25, 0.3) is 0 Å². The first kappa shape index (κ1) is 32.5. The highest BCUT2D eigenvalue weighted by molar-refractivity contribution is 5.86. The van der Waals surface area contributed by atoms with Crippen molar-refractivity contribution in [2.45, 2.75) is 71.4 Å². The molecule has 1 aromatic heterocycles. The Labute approximate surface area is 266 Å². The number of benzene rings is 2. The molecule has 2 atom stereocenters. The number of hydrogen-bond acceptors (Lipinski definition) is 8. The summed E-state index contributed by atoms with van der Waals surface area (Å²) in [5.41, 5.74) is 1.33. The molecular weight excluding hydrogens is 573 g/mol. The Morgan fingerprint density at radius 1 is 1.04 bits per heavy atom. The van der Waals surface area contributed by atoms with Gasteiger partial charge < -0.3 is 24.4 Å². The number of methoxy groups -OCH3 is 1. The maximum absolute atomic E-state index is 14.9. The number of carbonyl (C=O) groups excluding carboxylic acids is 1. The standard InChI is InChI=1S/C35H46FN5O4/c1-25-10-7-11-26(2)33(25)45-35(42)41(24-27-12-8-13-29(22-27)43-3)32-16-17-37-34(39-32)38-28-14-15-31(30(36)23-28)44-21-9-20-40-18-5-4-6-19-40/h8,12-17,22-23,25-26,33H,4-7,9-11,18-21,24H2,1-3H3,(H,37,38,39). The zero-order valence-corrected chi connectivity index (χ0v) is 26.7. The number of rotatable bonds is 12. The SMILES string of the molecule is COc1cccc(CN(C(=O)OC2C(C)CCCC2C)c2ccnc(Nc3ccc(OCCCN4CCCCC4)c(F)c3)n2)c1. The summed E-state index contributed by atoms with van der Waals surface area (Å²) in [6, 6.07) is 13.9. The van der Waals surface area contributed by atoms with Crippen LogP contribution in [0, 0.1) is 17.7 Å². The Morgan fingerprint density at radius 2 is 1.84 bits per heavy atom. The molecule has 1 aliphatic heterocycles. The van der Waals surface area contributed by atoms with Gasteiger partial charge in [-0.3, -0.25) is 4.90 Å². The van der Waals surface area contributed by atoms with Gasteiger partial charge in [-0.2, -0.15) is 4.98 Å². The van der Waals surface area contributed by atoms with Gasteiger partial charge in [0.15, 0.2) is 11.6 Å². The molecule has 45 heavy (non-hydrogen) atoms. The maximum atomic E-state index is 14.9. The summed E-state index contributed by atoms with van der Waals surface area (Å²) in [4.78, 5) is 26.6. The van der Waals surface area contributed by atoms with Crippen LogP contribution >= 0.6 is 0 Å². The molecule has 9 nitrogen and oxygen atoms in total. The molecule has 1 aliphatic carbocycles. The zero-order valence-electron chi connectivity index (χ0n) is 26.7. The van der Waals surface area contributed by atoms with E-state index in [1.165, 1.54) is 30.2 Å². The molecular formula is C35H46FN5O4. The Kier molecular flexibility index (Phi) is 11.5. The fourth-order valence-electron chi connectivity index (χ4n) is 6.29. The molecule has 1 N–H and O–H groups in total. The first-order valence-corrected chi connectivity index (χ1v) is 16.3. The number of piperidine rings is 1. The number of anilines is 3. The van der Waals surface area contributed by atoms with Crippen LogP contribution in [0.4, 0.5) is 26.6 Å². The van der Waals surface area contributed by atoms with Crippen molar-refractivity contribution in [3.05, 3.63) is 66.1 Å². The Morgan fingerprint density at radius 3 is 2.60 bits per heavy atom. The van der Waals surface area contributed by atoms with Crippen molar-refractivity contribution >= 4 is 23.5 Å². The fourth-order valence-corrected chi connectivity index (χ4v) is 6.29. The zero-order chi connectivity index (χ0) is 31.6. The molecule has 242 valence electrons. The first-order valence-electron chi connectivity index (χ1n) is 16.3. The summed E-state index contributed by atoms with van der Waals surface area (Å²) in [5.74, 6) is 1.58. The van der Waals surface area contributed by atoms with Crippen LogP contribution in [0.1, 0.15) is 64.4 Å². The molecule has 0 bridgehead atoms. The summed E-state index contributed by atoms with van der Waals surface area (Å²) in [5, 5.41) is 3.07. The van der Waals surface area contributed by atoms with E-state index in [4.69, 9.17) is 14.2 Å². The van der Waals surface area contributed by atoms with Crippen LogP contribution in [0.5, 0.6) is 11.5 Å².